The van der Waals surface area contributed by atoms with Gasteiger partial charge in [0.2, 0.25) is 5.91 Å². The van der Waals surface area contributed by atoms with Crippen LogP contribution in [0, 0.1) is 11.8 Å². The van der Waals surface area contributed by atoms with Crippen molar-refractivity contribution < 1.29 is 31.2 Å². The molecule has 0 radical (unpaired) electrons. The van der Waals surface area contributed by atoms with Gasteiger partial charge >= 0.3 is 6.18 Å². The van der Waals surface area contributed by atoms with Gasteiger partial charge in [-0.15, -0.1) is 11.8 Å². The second-order valence-corrected chi connectivity index (χ2v) is 16.5. The largest absolute Gasteiger partial charge is 0.416 e. The van der Waals surface area contributed by atoms with Crippen LogP contribution in [0.3, 0.4) is 0 Å². The number of carbonyl (C=O) groups excluding carboxylic acids is 2. The Bertz CT molecular complexity index is 1530. The number of amides is 2. The van der Waals surface area contributed by atoms with E-state index < -0.39 is 33.0 Å². The van der Waals surface area contributed by atoms with Gasteiger partial charge in [0.25, 0.3) is 5.91 Å². The van der Waals surface area contributed by atoms with Crippen LogP contribution in [0.2, 0.25) is 0 Å². The second-order valence-electron chi connectivity index (χ2n) is 13.6. The van der Waals surface area contributed by atoms with E-state index in [1.807, 2.05) is 6.26 Å². The van der Waals surface area contributed by atoms with Crippen LogP contribution >= 0.6 is 11.8 Å². The van der Waals surface area contributed by atoms with E-state index in [4.69, 9.17) is 0 Å². The lowest BCUT2D eigenvalue weighted by Crippen LogP contribution is -2.56. The van der Waals surface area contributed by atoms with Gasteiger partial charge in [0.05, 0.1) is 16.2 Å². The molecule has 1 aliphatic heterocycles. The molecule has 4 unspecified atom stereocenters. The summed E-state index contributed by atoms with van der Waals surface area (Å²) in [5, 5.41) is 2.71. The lowest BCUT2D eigenvalue weighted by atomic mass is 9.80. The Morgan fingerprint density at radius 3 is 2.41 bits per heavy atom. The molecule has 7 nitrogen and oxygen atoms in total. The summed E-state index contributed by atoms with van der Waals surface area (Å²) in [5.74, 6) is -0.831. The topological polar surface area (TPSA) is 86.8 Å². The molecule has 4 atom stereocenters. The first-order chi connectivity index (χ1) is 21.6. The molecule has 0 spiro atoms. The van der Waals surface area contributed by atoms with Crippen molar-refractivity contribution in [2.24, 2.45) is 11.8 Å². The molecule has 46 heavy (non-hydrogen) atoms. The van der Waals surface area contributed by atoms with Crippen molar-refractivity contribution in [1.29, 1.82) is 0 Å². The maximum absolute atomic E-state index is 14.0. The Labute approximate surface area is 274 Å². The Morgan fingerprint density at radius 1 is 1.11 bits per heavy atom. The van der Waals surface area contributed by atoms with Crippen LogP contribution in [-0.2, 0) is 20.8 Å². The fourth-order valence-electron chi connectivity index (χ4n) is 7.12. The number of likely N-dealkylation sites (tertiary alicyclic amines) is 1. The molecule has 2 aromatic carbocycles. The fraction of sp³-hybridized carbons (Fsp3) is 0.588. The minimum atomic E-state index is -4.60. The van der Waals surface area contributed by atoms with Crippen molar-refractivity contribution in [2.75, 3.05) is 25.1 Å². The number of benzene rings is 2. The zero-order valence-corrected chi connectivity index (χ0v) is 28.5. The molecule has 252 valence electrons. The highest BCUT2D eigenvalue weighted by atomic mass is 32.2. The number of alkyl halides is 3. The zero-order chi connectivity index (χ0) is 33.4. The molecule has 0 bridgehead atoms. The monoisotopic (exact) mass is 679 g/mol. The van der Waals surface area contributed by atoms with Gasteiger partial charge in [-0.3, -0.25) is 14.5 Å². The van der Waals surface area contributed by atoms with Gasteiger partial charge in [-0.05, 0) is 120 Å². The lowest BCUT2D eigenvalue weighted by Gasteiger charge is -2.46. The van der Waals surface area contributed by atoms with Crippen molar-refractivity contribution in [3.05, 3.63) is 59.7 Å². The fourth-order valence-corrected chi connectivity index (χ4v) is 9.19. The minimum absolute atomic E-state index is 0.0980. The number of thioether (sulfide) groups is 1. The van der Waals surface area contributed by atoms with Gasteiger partial charge in [-0.1, -0.05) is 6.07 Å². The minimum Gasteiger partial charge on any atom is -0.338 e. The second kappa shape index (κ2) is 13.5. The molecule has 1 saturated heterocycles. The normalized spacial score (nSPS) is 25.8. The molecule has 12 heteroatoms. The average molecular weight is 680 g/mol. The number of hydrogen-bond donors (Lipinski definition) is 1. The van der Waals surface area contributed by atoms with E-state index in [1.165, 1.54) is 36.7 Å². The number of nitrogens with one attached hydrogen (secondary N) is 1. The lowest BCUT2D eigenvalue weighted by molar-refractivity contribution is -0.138. The molecule has 2 aliphatic carbocycles. The number of sulfone groups is 1. The first-order valence-corrected chi connectivity index (χ1v) is 18.9. The third kappa shape index (κ3) is 7.76. The van der Waals surface area contributed by atoms with Crippen molar-refractivity contribution in [3.63, 3.8) is 0 Å². The maximum Gasteiger partial charge on any atom is 0.416 e. The molecule has 1 N–H and O–H groups in total. The van der Waals surface area contributed by atoms with Gasteiger partial charge in [0.15, 0.2) is 9.84 Å². The number of rotatable bonds is 11. The van der Waals surface area contributed by atoms with Gasteiger partial charge in [-0.2, -0.15) is 13.2 Å². The third-order valence-corrected chi connectivity index (χ3v) is 12.5. The summed E-state index contributed by atoms with van der Waals surface area (Å²) in [4.78, 5) is 32.6. The van der Waals surface area contributed by atoms with Crippen LogP contribution in [-0.4, -0.2) is 78.8 Å². The van der Waals surface area contributed by atoms with E-state index in [-0.39, 0.29) is 46.5 Å². The summed E-state index contributed by atoms with van der Waals surface area (Å²) in [6, 6.07) is 11.2. The first-order valence-electron chi connectivity index (χ1n) is 16.0. The van der Waals surface area contributed by atoms with Gasteiger partial charge < -0.3 is 10.2 Å². The standard InChI is InChI=1S/C34H44F3N3O4S2/c1-22(2)40(20-23-8-9-23)27-10-15-30(25(19-27)21-46(43,44)29-13-11-28(45-4)12-14-29)39-17-16-33(3,32(39)42)38-31(41)24-6-5-7-26(18-24)34(35,36)37/h5-7,11-14,18,22-23,25,27,30H,8-10,15-17,19-21H2,1-4H3,(H,38,41). The van der Waals surface area contributed by atoms with Crippen molar-refractivity contribution in [3.8, 4) is 0 Å². The molecular weight excluding hydrogens is 636 g/mol. The summed E-state index contributed by atoms with van der Waals surface area (Å²) in [6.07, 6.45) is 2.13. The SMILES string of the molecule is CSc1ccc(S(=O)(=O)CC2CC(N(CC3CC3)C(C)C)CCC2N2CCC(C)(NC(=O)c3cccc(C(F)(F)F)c3)C2=O)cc1. The Morgan fingerprint density at radius 2 is 1.80 bits per heavy atom. The molecule has 3 aliphatic rings. The zero-order valence-electron chi connectivity index (χ0n) is 26.8. The number of carbonyl (C=O) groups is 2. The van der Waals surface area contributed by atoms with Crippen LogP contribution in [0.5, 0.6) is 0 Å². The Kier molecular flexibility index (Phi) is 10.2. The van der Waals surface area contributed by atoms with Crippen LogP contribution < -0.4 is 5.32 Å². The summed E-state index contributed by atoms with van der Waals surface area (Å²) in [6.45, 7) is 7.26. The van der Waals surface area contributed by atoms with Gasteiger partial charge in [0.1, 0.15) is 5.54 Å². The predicted octanol–water partition coefficient (Wildman–Crippen LogP) is 6.28. The molecule has 2 saturated carbocycles. The summed E-state index contributed by atoms with van der Waals surface area (Å²) >= 11 is 1.54. The smallest absolute Gasteiger partial charge is 0.338 e. The van der Waals surface area contributed by atoms with Gasteiger partial charge in [0, 0.05) is 41.7 Å². The number of halogens is 3. The number of hydrogen-bond acceptors (Lipinski definition) is 6. The van der Waals surface area contributed by atoms with Crippen LogP contribution in [0.25, 0.3) is 0 Å². The maximum atomic E-state index is 14.0. The van der Waals surface area contributed by atoms with E-state index in [1.54, 1.807) is 36.1 Å². The number of nitrogens with zero attached hydrogens (tertiary/aromatic N) is 2. The van der Waals surface area contributed by atoms with Crippen molar-refractivity contribution in [1.82, 2.24) is 15.1 Å². The molecule has 0 aromatic heterocycles. The van der Waals surface area contributed by atoms with E-state index in [0.29, 0.717) is 31.3 Å². The van der Waals surface area contributed by atoms with E-state index >= 15 is 0 Å². The molecular formula is C34H44F3N3O4S2. The average Bonchev–Trinajstić information content (AvgIpc) is 3.79. The Balaban J connectivity index is 1.37. The molecule has 2 amide bonds. The first kappa shape index (κ1) is 34.8. The third-order valence-electron chi connectivity index (χ3n) is 9.89. The van der Waals surface area contributed by atoms with Crippen LogP contribution in [0.1, 0.15) is 75.2 Å². The van der Waals surface area contributed by atoms with E-state index in [2.05, 4.69) is 24.1 Å². The van der Waals surface area contributed by atoms with Crippen molar-refractivity contribution >= 4 is 33.4 Å². The summed E-state index contributed by atoms with van der Waals surface area (Å²) in [7, 11) is -3.67. The highest BCUT2D eigenvalue weighted by Crippen LogP contribution is 2.40. The van der Waals surface area contributed by atoms with Crippen LogP contribution in [0.15, 0.2) is 58.3 Å². The highest BCUT2D eigenvalue weighted by molar-refractivity contribution is 7.98. The molecule has 1 heterocycles. The molecule has 3 fully saturated rings. The van der Waals surface area contributed by atoms with E-state index in [9.17, 15) is 31.2 Å². The Hall–Kier alpha value is -2.57. The van der Waals surface area contributed by atoms with Crippen LogP contribution in [0.4, 0.5) is 13.2 Å². The summed E-state index contributed by atoms with van der Waals surface area (Å²) in [5.41, 5.74) is -2.44. The summed E-state index contributed by atoms with van der Waals surface area (Å²) < 4.78 is 67.4. The van der Waals surface area contributed by atoms with Crippen molar-refractivity contribution in [2.45, 2.75) is 98.9 Å². The molecule has 2 aromatic rings. The quantitative estimate of drug-likeness (QED) is 0.282. The highest BCUT2D eigenvalue weighted by Gasteiger charge is 2.50. The predicted molar refractivity (Wildman–Crippen MR) is 173 cm³/mol. The molecule has 5 rings (SSSR count). The van der Waals surface area contributed by atoms with E-state index in [0.717, 1.165) is 30.0 Å². The van der Waals surface area contributed by atoms with Gasteiger partial charge in [-0.25, -0.2) is 8.42 Å².